The fourth-order valence-electron chi connectivity index (χ4n) is 3.64. The second kappa shape index (κ2) is 12.4. The van der Waals surface area contributed by atoms with Gasteiger partial charge in [-0.05, 0) is 59.2 Å². The number of amides is 1. The Balaban J connectivity index is 1.82. The van der Waals surface area contributed by atoms with Gasteiger partial charge >= 0.3 is 6.09 Å². The van der Waals surface area contributed by atoms with Crippen LogP contribution in [0.5, 0.6) is 5.75 Å². The number of hydrogen-bond donors (Lipinski definition) is 3. The number of nitrogens with zero attached hydrogens (tertiary/aromatic N) is 2. The Labute approximate surface area is 186 Å². The monoisotopic (exact) mass is 433 g/mol. The average molecular weight is 434 g/mol. The molecule has 8 heteroatoms. The first-order valence-electron chi connectivity index (χ1n) is 11.1. The second-order valence-corrected chi connectivity index (χ2v) is 8.66. The molecule has 8 nitrogen and oxygen atoms in total. The topological polar surface area (TPSA) is 87.2 Å². The van der Waals surface area contributed by atoms with Crippen LogP contribution in [0.2, 0.25) is 0 Å². The lowest BCUT2D eigenvalue weighted by Gasteiger charge is -2.30. The summed E-state index contributed by atoms with van der Waals surface area (Å²) in [7, 11) is 3.49. The van der Waals surface area contributed by atoms with Crippen molar-refractivity contribution in [1.29, 1.82) is 0 Å². The third kappa shape index (κ3) is 8.65. The maximum Gasteiger partial charge on any atom is 0.407 e. The van der Waals surface area contributed by atoms with Crippen molar-refractivity contribution >= 4 is 12.1 Å². The molecule has 0 aliphatic carbocycles. The number of methoxy groups -OCH3 is 1. The van der Waals surface area contributed by atoms with Crippen LogP contribution >= 0.6 is 0 Å². The van der Waals surface area contributed by atoms with Crippen LogP contribution in [0.25, 0.3) is 0 Å². The summed E-state index contributed by atoms with van der Waals surface area (Å²) in [6.45, 7) is 9.70. The molecule has 1 atom stereocenters. The summed E-state index contributed by atoms with van der Waals surface area (Å²) in [6.07, 6.45) is 2.83. The highest BCUT2D eigenvalue weighted by Crippen LogP contribution is 2.31. The smallest absolute Gasteiger partial charge is 0.407 e. The number of nitrogens with one attached hydrogen (secondary N) is 3. The number of alkyl carbamates (subject to hydrolysis) is 1. The van der Waals surface area contributed by atoms with E-state index in [1.165, 1.54) is 18.4 Å². The lowest BCUT2D eigenvalue weighted by Crippen LogP contribution is -2.43. The Morgan fingerprint density at radius 1 is 1.13 bits per heavy atom. The largest absolute Gasteiger partial charge is 0.496 e. The summed E-state index contributed by atoms with van der Waals surface area (Å²) < 4.78 is 10.9. The number of carbonyl (C=O) groups excluding carboxylic acids is 1. The molecule has 0 spiro atoms. The van der Waals surface area contributed by atoms with Gasteiger partial charge in [-0.25, -0.2) is 4.79 Å². The molecule has 3 N–H and O–H groups in total. The third-order valence-corrected chi connectivity index (χ3v) is 5.08. The minimum absolute atomic E-state index is 0.214. The van der Waals surface area contributed by atoms with Crippen molar-refractivity contribution < 1.29 is 14.3 Å². The number of aliphatic imine (C=N–C) groups is 1. The van der Waals surface area contributed by atoms with E-state index in [1.807, 2.05) is 32.9 Å². The number of para-hydroxylation sites is 1. The Bertz CT molecular complexity index is 711. The van der Waals surface area contributed by atoms with Crippen LogP contribution in [0.3, 0.4) is 0 Å². The first-order chi connectivity index (χ1) is 14.8. The number of hydrogen-bond acceptors (Lipinski definition) is 5. The number of rotatable bonds is 9. The number of benzene rings is 1. The van der Waals surface area contributed by atoms with Crippen LogP contribution in [-0.4, -0.2) is 69.4 Å². The van der Waals surface area contributed by atoms with Crippen LogP contribution in [0.1, 0.15) is 51.6 Å². The van der Waals surface area contributed by atoms with Gasteiger partial charge in [0.1, 0.15) is 11.4 Å². The molecule has 1 heterocycles. The van der Waals surface area contributed by atoms with E-state index < -0.39 is 5.60 Å². The van der Waals surface area contributed by atoms with Gasteiger partial charge in [-0.15, -0.1) is 0 Å². The summed E-state index contributed by atoms with van der Waals surface area (Å²) in [5.41, 5.74) is 0.707. The molecule has 0 bridgehead atoms. The molecule has 0 saturated carbocycles. The first kappa shape index (κ1) is 24.8. The maximum atomic E-state index is 11.7. The van der Waals surface area contributed by atoms with Crippen LogP contribution in [0.4, 0.5) is 4.79 Å². The summed E-state index contributed by atoms with van der Waals surface area (Å²) in [5.74, 6) is 1.66. The highest BCUT2D eigenvalue weighted by molar-refractivity contribution is 5.79. The lowest BCUT2D eigenvalue weighted by atomic mass is 10.0. The Kier molecular flexibility index (Phi) is 9.91. The molecule has 1 aromatic carbocycles. The van der Waals surface area contributed by atoms with E-state index in [0.717, 1.165) is 37.8 Å². The SMILES string of the molecule is CN=C(NCCCNC(=O)OC(C)(C)C)NCC(c1ccccc1OC)N1CCCC1. The fourth-order valence-corrected chi connectivity index (χ4v) is 3.64. The molecule has 174 valence electrons. The molecule has 1 amide bonds. The van der Waals surface area contributed by atoms with E-state index in [2.05, 4.69) is 38.0 Å². The predicted octanol–water partition coefficient (Wildman–Crippen LogP) is 2.91. The highest BCUT2D eigenvalue weighted by atomic mass is 16.6. The van der Waals surface area contributed by atoms with Gasteiger partial charge in [0.2, 0.25) is 0 Å². The zero-order valence-electron chi connectivity index (χ0n) is 19.7. The average Bonchev–Trinajstić information content (AvgIpc) is 3.25. The van der Waals surface area contributed by atoms with E-state index in [0.29, 0.717) is 13.1 Å². The highest BCUT2D eigenvalue weighted by Gasteiger charge is 2.26. The quantitative estimate of drug-likeness (QED) is 0.315. The standard InChI is InChI=1S/C23H39N5O3/c1-23(2,3)31-22(29)26-14-10-13-25-21(24-4)27-17-19(28-15-8-9-16-28)18-11-6-7-12-20(18)30-5/h6-7,11-12,19H,8-10,13-17H2,1-5H3,(H,26,29)(H2,24,25,27). The van der Waals surface area contributed by atoms with Crippen LogP contribution in [0.15, 0.2) is 29.3 Å². The summed E-state index contributed by atoms with van der Waals surface area (Å²) in [4.78, 5) is 18.5. The van der Waals surface area contributed by atoms with E-state index in [9.17, 15) is 4.79 Å². The normalized spacial score (nSPS) is 16.0. The van der Waals surface area contributed by atoms with Gasteiger partial charge in [-0.1, -0.05) is 18.2 Å². The van der Waals surface area contributed by atoms with Gasteiger partial charge < -0.3 is 25.4 Å². The molecule has 1 aliphatic rings. The van der Waals surface area contributed by atoms with Gasteiger partial charge in [0.15, 0.2) is 5.96 Å². The van der Waals surface area contributed by atoms with Gasteiger partial charge in [-0.2, -0.15) is 0 Å². The van der Waals surface area contributed by atoms with E-state index in [4.69, 9.17) is 9.47 Å². The molecule has 1 fully saturated rings. The summed E-state index contributed by atoms with van der Waals surface area (Å²) in [5, 5.41) is 9.54. The van der Waals surface area contributed by atoms with E-state index in [-0.39, 0.29) is 12.1 Å². The fraction of sp³-hybridized carbons (Fsp3) is 0.652. The Hall–Kier alpha value is -2.48. The molecule has 2 rings (SSSR count). The molecule has 1 aliphatic heterocycles. The van der Waals surface area contributed by atoms with Crippen LogP contribution in [0, 0.1) is 0 Å². The molecular formula is C23H39N5O3. The number of guanidine groups is 1. The van der Waals surface area contributed by atoms with E-state index >= 15 is 0 Å². The van der Waals surface area contributed by atoms with Crippen LogP contribution in [-0.2, 0) is 4.74 Å². The lowest BCUT2D eigenvalue weighted by molar-refractivity contribution is 0.0527. The number of likely N-dealkylation sites (tertiary alicyclic amines) is 1. The number of carbonyl (C=O) groups is 1. The zero-order chi connectivity index (χ0) is 22.7. The van der Waals surface area contributed by atoms with Gasteiger partial charge in [0.25, 0.3) is 0 Å². The summed E-state index contributed by atoms with van der Waals surface area (Å²) >= 11 is 0. The van der Waals surface area contributed by atoms with Crippen LogP contribution < -0.4 is 20.7 Å². The second-order valence-electron chi connectivity index (χ2n) is 8.66. The van der Waals surface area contributed by atoms with Crippen molar-refractivity contribution in [2.45, 2.75) is 51.7 Å². The van der Waals surface area contributed by atoms with Crippen molar-refractivity contribution in [2.24, 2.45) is 4.99 Å². The van der Waals surface area contributed by atoms with Crippen molar-refractivity contribution in [3.05, 3.63) is 29.8 Å². The number of ether oxygens (including phenoxy) is 2. The molecule has 1 unspecified atom stereocenters. The molecular weight excluding hydrogens is 394 g/mol. The minimum Gasteiger partial charge on any atom is -0.496 e. The first-order valence-corrected chi connectivity index (χ1v) is 11.1. The molecule has 0 aromatic heterocycles. The summed E-state index contributed by atoms with van der Waals surface area (Å²) in [6, 6.07) is 8.44. The molecule has 31 heavy (non-hydrogen) atoms. The zero-order valence-corrected chi connectivity index (χ0v) is 19.7. The van der Waals surface area contributed by atoms with Crippen molar-refractivity contribution in [3.63, 3.8) is 0 Å². The Morgan fingerprint density at radius 3 is 2.45 bits per heavy atom. The van der Waals surface area contributed by atoms with Gasteiger partial charge in [-0.3, -0.25) is 9.89 Å². The van der Waals surface area contributed by atoms with Crippen molar-refractivity contribution in [1.82, 2.24) is 20.9 Å². The third-order valence-electron chi connectivity index (χ3n) is 5.08. The van der Waals surface area contributed by atoms with Gasteiger partial charge in [0.05, 0.1) is 13.2 Å². The Morgan fingerprint density at radius 2 is 1.81 bits per heavy atom. The predicted molar refractivity (Wildman–Crippen MR) is 125 cm³/mol. The molecule has 1 aromatic rings. The minimum atomic E-state index is -0.485. The molecule has 1 saturated heterocycles. The maximum absolute atomic E-state index is 11.7. The van der Waals surface area contributed by atoms with Crippen molar-refractivity contribution in [2.75, 3.05) is 46.9 Å². The van der Waals surface area contributed by atoms with Gasteiger partial charge in [0, 0.05) is 32.2 Å². The van der Waals surface area contributed by atoms with Crippen molar-refractivity contribution in [3.8, 4) is 5.75 Å². The molecule has 0 radical (unpaired) electrons. The van der Waals surface area contributed by atoms with E-state index in [1.54, 1.807) is 14.2 Å².